The Hall–Kier alpha value is -4.04. The highest BCUT2D eigenvalue weighted by molar-refractivity contribution is 6.34. The van der Waals surface area contributed by atoms with Crippen molar-refractivity contribution < 1.29 is 82.2 Å². The lowest BCUT2D eigenvalue weighted by molar-refractivity contribution is -0.319. The average Bonchev–Trinajstić information content (AvgIpc) is 4.31. The number of cyclic esters (lactones) is 1. The largest absolute Gasteiger partial charge is 0.477 e. The Bertz CT molecular complexity index is 2580. The van der Waals surface area contributed by atoms with Crippen LogP contribution < -0.4 is 10.7 Å². The zero-order valence-electron chi connectivity index (χ0n) is 50.7. The van der Waals surface area contributed by atoms with E-state index in [-0.39, 0.29) is 86.9 Å². The monoisotopic (exact) mass is 1180 g/mol. The molecule has 18 atom stereocenters. The van der Waals surface area contributed by atoms with Gasteiger partial charge in [-0.15, -0.1) is 0 Å². The highest BCUT2D eigenvalue weighted by atomic mass is 35.5. The van der Waals surface area contributed by atoms with E-state index in [9.17, 15) is 44.4 Å². The van der Waals surface area contributed by atoms with E-state index < -0.39 is 119 Å². The predicted molar refractivity (Wildman–Crippen MR) is 305 cm³/mol. The van der Waals surface area contributed by atoms with Crippen LogP contribution in [0.25, 0.3) is 10.9 Å². The maximum absolute atomic E-state index is 14.7. The molecule has 3 saturated heterocycles. The third-order valence-electron chi connectivity index (χ3n) is 17.3. The Balaban J connectivity index is 1.21. The van der Waals surface area contributed by atoms with Gasteiger partial charge in [0.2, 0.25) is 5.43 Å². The maximum Gasteiger partial charge on any atom is 0.341 e. The summed E-state index contributed by atoms with van der Waals surface area (Å²) >= 11 is 6.63. The minimum Gasteiger partial charge on any atom is -0.477 e. The molecule has 3 aliphatic heterocycles. The standard InChI is InChI=1S/C59H93ClN4O18/c1-16-44-59(11,73)51(68)35(7)63(14)29-31(3)27-57(9,72)52(82-56-50(79-45(65)17-2)43(62(12)13)24-32(4)76-56)33(5)49(34(6)55(71)78-44)81-47-28-58(10,74-15)53(36(8)77-47)80-46(66)20-22-75-23-21-61-41-25-38-42(26-40(41)60)64(37-18-19-37)30-39(48(38)67)54(69)70/h25-26,30-37,43-44,47,49-53,56,61,68,72-73H,16-24,27-29H2,1-15H3,(H,69,70)/t31-,32-,33+,34-,35-,36+,43+,44-,47+,49+,50-,51-,52-,53+,56+,57-,58-,59-/m1/s1. The van der Waals surface area contributed by atoms with Gasteiger partial charge in [0, 0.05) is 62.6 Å². The van der Waals surface area contributed by atoms with Crippen LogP contribution in [-0.4, -0.2) is 204 Å². The van der Waals surface area contributed by atoms with Crippen molar-refractivity contribution >= 4 is 52.1 Å². The number of anilines is 1. The molecule has 1 aliphatic carbocycles. The lowest BCUT2D eigenvalue weighted by Gasteiger charge is -2.49. The highest BCUT2D eigenvalue weighted by Crippen LogP contribution is 2.42. The van der Waals surface area contributed by atoms with E-state index in [0.29, 0.717) is 29.2 Å². The van der Waals surface area contributed by atoms with Crippen LogP contribution in [0.1, 0.15) is 144 Å². The SMILES string of the molecule is CCC(=O)O[C@H]1[C@H](O[C@@H]2[C@@H](C)[C@H](O[C@H]3C[C@@](C)(OC)[C@@H](OC(=O)CCOCCNc4cc5c(=O)c(C(=O)O)cn(C6CC6)c5cc4Cl)[C@H](C)O3)[C@@H](C)C(=O)O[C@H](CC)[C@@](C)(O)[C@H](O)[C@@H](C)N(C)C[C@H](C)C[C@@]2(C)O)O[C@H](C)C[C@@H]1N(C)C. The van der Waals surface area contributed by atoms with Crippen molar-refractivity contribution in [3.8, 4) is 0 Å². The van der Waals surface area contributed by atoms with Gasteiger partial charge in [-0.05, 0) is 120 Å². The van der Waals surface area contributed by atoms with Crippen LogP contribution in [0.3, 0.4) is 0 Å². The number of fused-ring (bicyclic) bond motifs is 1. The number of aromatic nitrogens is 1. The number of carboxylic acid groups (broad SMARTS) is 1. The van der Waals surface area contributed by atoms with Gasteiger partial charge >= 0.3 is 23.9 Å². The topological polar surface area (TPSA) is 273 Å². The Morgan fingerprint density at radius 1 is 0.915 bits per heavy atom. The number of rotatable bonds is 19. The molecule has 1 aromatic heterocycles. The first-order chi connectivity index (χ1) is 38.4. The summed E-state index contributed by atoms with van der Waals surface area (Å²) in [5.74, 6) is -5.40. The number of halogens is 1. The van der Waals surface area contributed by atoms with Gasteiger partial charge in [0.05, 0.1) is 77.8 Å². The van der Waals surface area contributed by atoms with E-state index in [1.54, 1.807) is 72.1 Å². The van der Waals surface area contributed by atoms with Gasteiger partial charge < -0.3 is 82.7 Å². The van der Waals surface area contributed by atoms with Crippen molar-refractivity contribution in [2.24, 2.45) is 17.8 Å². The summed E-state index contributed by atoms with van der Waals surface area (Å²) in [5, 5.41) is 50.1. The van der Waals surface area contributed by atoms with E-state index in [2.05, 4.69) is 5.32 Å². The molecule has 0 spiro atoms. The summed E-state index contributed by atoms with van der Waals surface area (Å²) in [4.78, 5) is 70.3. The van der Waals surface area contributed by atoms with Gasteiger partial charge in [-0.1, -0.05) is 39.3 Å². The maximum atomic E-state index is 14.7. The van der Waals surface area contributed by atoms with E-state index >= 15 is 0 Å². The van der Waals surface area contributed by atoms with Crippen LogP contribution in [0.2, 0.25) is 5.02 Å². The molecule has 82 heavy (non-hydrogen) atoms. The lowest BCUT2D eigenvalue weighted by atomic mass is 9.77. The molecule has 6 rings (SSSR count). The summed E-state index contributed by atoms with van der Waals surface area (Å²) < 4.78 is 59.0. The zero-order valence-corrected chi connectivity index (χ0v) is 51.4. The number of nitrogens with one attached hydrogen (secondary N) is 1. The molecule has 5 N–H and O–H groups in total. The molecule has 22 nitrogen and oxygen atoms in total. The van der Waals surface area contributed by atoms with E-state index in [0.717, 1.165) is 12.8 Å². The number of aliphatic hydroxyl groups excluding tert-OH is 1. The van der Waals surface area contributed by atoms with Gasteiger partial charge in [-0.3, -0.25) is 19.2 Å². The third kappa shape index (κ3) is 15.7. The Kier molecular flexibility index (Phi) is 22.9. The number of carbonyl (C=O) groups is 4. The number of nitrogens with zero attached hydrogens (tertiary/aromatic N) is 3. The number of ether oxygens (including phenoxy) is 9. The molecule has 4 heterocycles. The van der Waals surface area contributed by atoms with Crippen molar-refractivity contribution in [2.75, 3.05) is 59.9 Å². The van der Waals surface area contributed by atoms with Crippen molar-refractivity contribution in [1.82, 2.24) is 14.4 Å². The molecule has 0 bridgehead atoms. The first-order valence-corrected chi connectivity index (χ1v) is 29.5. The number of carboxylic acids is 1. The molecule has 23 heteroatoms. The number of hydrogen-bond donors (Lipinski definition) is 5. The summed E-state index contributed by atoms with van der Waals surface area (Å²) in [6, 6.07) is 2.36. The van der Waals surface area contributed by atoms with Gasteiger partial charge in [0.1, 0.15) is 29.0 Å². The van der Waals surface area contributed by atoms with E-state index in [4.69, 9.17) is 54.2 Å². The van der Waals surface area contributed by atoms with Crippen molar-refractivity contribution in [1.29, 1.82) is 0 Å². The van der Waals surface area contributed by atoms with Crippen molar-refractivity contribution in [3.63, 3.8) is 0 Å². The smallest absolute Gasteiger partial charge is 0.341 e. The molecule has 4 aliphatic rings. The van der Waals surface area contributed by atoms with Gasteiger partial charge in [0.15, 0.2) is 24.8 Å². The Morgan fingerprint density at radius 3 is 2.21 bits per heavy atom. The third-order valence-corrected chi connectivity index (χ3v) is 17.6. The molecule has 1 aromatic carbocycles. The van der Waals surface area contributed by atoms with Crippen molar-refractivity contribution in [3.05, 3.63) is 39.1 Å². The summed E-state index contributed by atoms with van der Waals surface area (Å²) in [5.41, 5.74) is -4.74. The molecule has 1 saturated carbocycles. The highest BCUT2D eigenvalue weighted by Gasteiger charge is 2.54. The number of aliphatic hydroxyl groups is 3. The van der Waals surface area contributed by atoms with Crippen LogP contribution in [0.4, 0.5) is 5.69 Å². The second-order valence-corrected chi connectivity index (χ2v) is 24.8. The van der Waals surface area contributed by atoms with E-state index in [1.165, 1.54) is 20.2 Å². The van der Waals surface area contributed by atoms with Gasteiger partial charge in [-0.25, -0.2) is 4.79 Å². The van der Waals surface area contributed by atoms with Crippen LogP contribution in [-0.2, 0) is 57.0 Å². The fraction of sp³-hybridized carbons (Fsp3) is 0.780. The minimum atomic E-state index is -1.89. The first-order valence-electron chi connectivity index (χ1n) is 29.1. The number of aromatic carboxylic acids is 1. The minimum absolute atomic E-state index is 0.00716. The molecular formula is C59H93ClN4O18. The zero-order chi connectivity index (χ0) is 60.9. The van der Waals surface area contributed by atoms with Crippen LogP contribution >= 0.6 is 11.6 Å². The second-order valence-electron chi connectivity index (χ2n) is 24.4. The molecule has 0 unspecified atom stereocenters. The average molecular weight is 1180 g/mol. The van der Waals surface area contributed by atoms with Gasteiger partial charge in [0.25, 0.3) is 0 Å². The molecule has 0 amide bonds. The summed E-state index contributed by atoms with van der Waals surface area (Å²) in [7, 11) is 7.06. The number of benzene rings is 1. The molecule has 2 aromatic rings. The van der Waals surface area contributed by atoms with Crippen LogP contribution in [0.15, 0.2) is 23.1 Å². The van der Waals surface area contributed by atoms with E-state index in [1.807, 2.05) is 44.8 Å². The summed E-state index contributed by atoms with van der Waals surface area (Å²) in [6.45, 7) is 19.8. The lowest BCUT2D eigenvalue weighted by Crippen LogP contribution is -2.61. The Labute approximate surface area is 487 Å². The number of pyridine rings is 1. The molecule has 4 fully saturated rings. The van der Waals surface area contributed by atoms with Gasteiger partial charge in [-0.2, -0.15) is 0 Å². The summed E-state index contributed by atoms with van der Waals surface area (Å²) in [6.07, 6.45) is -6.31. The number of likely N-dealkylation sites (N-methyl/N-ethyl adjacent to an activating group) is 2. The number of esters is 3. The Morgan fingerprint density at radius 2 is 1.60 bits per heavy atom. The quantitative estimate of drug-likeness (QED) is 0.0619. The normalized spacial score (nSPS) is 36.5. The predicted octanol–water partition coefficient (Wildman–Crippen LogP) is 5.93. The first kappa shape index (κ1) is 67.1. The molecule has 0 radical (unpaired) electrons. The second kappa shape index (κ2) is 28.0. The number of methoxy groups -OCH3 is 1. The van der Waals surface area contributed by atoms with Crippen LogP contribution in [0.5, 0.6) is 0 Å². The van der Waals surface area contributed by atoms with Crippen molar-refractivity contribution in [2.45, 2.75) is 224 Å². The van der Waals surface area contributed by atoms with Crippen LogP contribution in [0, 0.1) is 17.8 Å². The number of hydrogen-bond acceptors (Lipinski definition) is 20. The molecular weight excluding hydrogens is 1090 g/mol. The fourth-order valence-corrected chi connectivity index (χ4v) is 12.5. The number of carbonyl (C=O) groups excluding carboxylic acids is 3. The fourth-order valence-electron chi connectivity index (χ4n) is 12.3. The molecule has 464 valence electrons.